The van der Waals surface area contributed by atoms with Crippen LogP contribution in [0.4, 0.5) is 0 Å². The normalized spacial score (nSPS) is 9.69. The lowest BCUT2D eigenvalue weighted by Gasteiger charge is -1.97. The van der Waals surface area contributed by atoms with Gasteiger partial charge in [0.1, 0.15) is 5.78 Å². The molecule has 0 aromatic carbocycles. The zero-order valence-electron chi connectivity index (χ0n) is 8.26. The molecule has 0 aromatic heterocycles. The Balaban J connectivity index is 3.86. The average Bonchev–Trinajstić information content (AvgIpc) is 2.05. The smallest absolute Gasteiger partial charge is 0.205 e. The molecule has 3 heteroatoms. The fourth-order valence-corrected chi connectivity index (χ4v) is 1.01. The minimum atomic E-state index is -0.527. The van der Waals surface area contributed by atoms with Gasteiger partial charge in [-0.25, -0.2) is 0 Å². The zero-order chi connectivity index (χ0) is 10.3. The highest BCUT2D eigenvalue weighted by atomic mass is 16.2. The second-order valence-electron chi connectivity index (χ2n) is 3.06. The molecule has 0 heterocycles. The molecule has 0 aromatic rings. The third kappa shape index (κ3) is 5.28. The van der Waals surface area contributed by atoms with Crippen molar-refractivity contribution >= 4 is 17.3 Å². The third-order valence-electron chi connectivity index (χ3n) is 1.67. The van der Waals surface area contributed by atoms with E-state index in [0.29, 0.717) is 12.8 Å². The first-order valence-corrected chi connectivity index (χ1v) is 4.69. The summed E-state index contributed by atoms with van der Waals surface area (Å²) < 4.78 is 0. The van der Waals surface area contributed by atoms with Crippen molar-refractivity contribution in [3.8, 4) is 0 Å². The molecule has 74 valence electrons. The number of rotatable bonds is 7. The van der Waals surface area contributed by atoms with Crippen LogP contribution in [0.1, 0.15) is 46.0 Å². The van der Waals surface area contributed by atoms with E-state index in [2.05, 4.69) is 0 Å². The summed E-state index contributed by atoms with van der Waals surface area (Å²) in [6.07, 6.45) is 1.84. The summed E-state index contributed by atoms with van der Waals surface area (Å²) in [6, 6.07) is 0. The minimum Gasteiger partial charge on any atom is -0.299 e. The largest absolute Gasteiger partial charge is 0.299 e. The van der Waals surface area contributed by atoms with Crippen LogP contribution in [0.2, 0.25) is 0 Å². The molecule has 0 rings (SSSR count). The Labute approximate surface area is 78.5 Å². The molecule has 3 nitrogen and oxygen atoms in total. The molecule has 0 aliphatic rings. The Morgan fingerprint density at radius 3 is 1.85 bits per heavy atom. The van der Waals surface area contributed by atoms with Gasteiger partial charge in [0.2, 0.25) is 5.78 Å². The number of hydrogen-bond donors (Lipinski definition) is 0. The molecule has 0 bridgehead atoms. The van der Waals surface area contributed by atoms with Gasteiger partial charge in [0.05, 0.1) is 6.42 Å². The summed E-state index contributed by atoms with van der Waals surface area (Å²) in [7, 11) is 0. The summed E-state index contributed by atoms with van der Waals surface area (Å²) in [5, 5.41) is 0. The van der Waals surface area contributed by atoms with Gasteiger partial charge in [-0.15, -0.1) is 0 Å². The van der Waals surface area contributed by atoms with Crippen LogP contribution < -0.4 is 0 Å². The quantitative estimate of drug-likeness (QED) is 0.447. The van der Waals surface area contributed by atoms with E-state index >= 15 is 0 Å². The van der Waals surface area contributed by atoms with Gasteiger partial charge in [-0.1, -0.05) is 13.8 Å². The van der Waals surface area contributed by atoms with E-state index < -0.39 is 11.6 Å². The Morgan fingerprint density at radius 1 is 0.846 bits per heavy atom. The van der Waals surface area contributed by atoms with Crippen molar-refractivity contribution < 1.29 is 14.4 Å². The van der Waals surface area contributed by atoms with Gasteiger partial charge >= 0.3 is 0 Å². The molecular formula is C10H16O3. The van der Waals surface area contributed by atoms with Gasteiger partial charge in [-0.05, 0) is 12.8 Å². The molecule has 0 spiro atoms. The van der Waals surface area contributed by atoms with Crippen molar-refractivity contribution in [2.24, 2.45) is 0 Å². The summed E-state index contributed by atoms with van der Waals surface area (Å²) in [5.74, 6) is -1.07. The highest BCUT2D eigenvalue weighted by molar-refractivity contribution is 6.40. The summed E-state index contributed by atoms with van der Waals surface area (Å²) in [6.45, 7) is 3.70. The van der Waals surface area contributed by atoms with Crippen molar-refractivity contribution in [1.82, 2.24) is 0 Å². The van der Waals surface area contributed by atoms with E-state index in [1.54, 1.807) is 0 Å². The lowest BCUT2D eigenvalue weighted by atomic mass is 10.1. The molecule has 0 amide bonds. The number of hydrogen-bond acceptors (Lipinski definition) is 3. The Kier molecular flexibility index (Phi) is 6.02. The van der Waals surface area contributed by atoms with Crippen molar-refractivity contribution in [2.45, 2.75) is 46.0 Å². The monoisotopic (exact) mass is 184 g/mol. The number of carbonyl (C=O) groups is 3. The van der Waals surface area contributed by atoms with Gasteiger partial charge in [0, 0.05) is 12.8 Å². The summed E-state index contributed by atoms with van der Waals surface area (Å²) in [4.78, 5) is 33.0. The molecule has 0 N–H and O–H groups in total. The van der Waals surface area contributed by atoms with Gasteiger partial charge < -0.3 is 0 Å². The maximum atomic E-state index is 11.0. The predicted molar refractivity (Wildman–Crippen MR) is 49.5 cm³/mol. The lowest BCUT2D eigenvalue weighted by molar-refractivity contribution is -0.138. The van der Waals surface area contributed by atoms with Crippen LogP contribution in [0.5, 0.6) is 0 Å². The first-order valence-electron chi connectivity index (χ1n) is 4.69. The van der Waals surface area contributed by atoms with Crippen molar-refractivity contribution in [3.63, 3.8) is 0 Å². The van der Waals surface area contributed by atoms with E-state index in [9.17, 15) is 14.4 Å². The first-order chi connectivity index (χ1) is 6.11. The number of Topliss-reactive ketones (excluding diaryl/α,β-unsaturated/α-hetero) is 3. The second kappa shape index (κ2) is 6.52. The lowest BCUT2D eigenvalue weighted by Crippen LogP contribution is -2.17. The topological polar surface area (TPSA) is 51.2 Å². The van der Waals surface area contributed by atoms with Crippen LogP contribution in [0, 0.1) is 0 Å². The van der Waals surface area contributed by atoms with Crippen molar-refractivity contribution in [3.05, 3.63) is 0 Å². The highest BCUT2D eigenvalue weighted by Gasteiger charge is 2.15. The highest BCUT2D eigenvalue weighted by Crippen LogP contribution is 1.99. The molecule has 0 unspecified atom stereocenters. The van der Waals surface area contributed by atoms with Crippen LogP contribution in [-0.4, -0.2) is 17.3 Å². The van der Waals surface area contributed by atoms with Crippen LogP contribution in [0.25, 0.3) is 0 Å². The Bertz CT molecular complexity index is 206. The molecule has 13 heavy (non-hydrogen) atoms. The number of ketones is 3. The predicted octanol–water partition coefficient (Wildman–Crippen LogP) is 1.68. The van der Waals surface area contributed by atoms with Gasteiger partial charge in [-0.2, -0.15) is 0 Å². The molecule has 0 saturated carbocycles. The summed E-state index contributed by atoms with van der Waals surface area (Å²) >= 11 is 0. The second-order valence-corrected chi connectivity index (χ2v) is 3.06. The van der Waals surface area contributed by atoms with Gasteiger partial charge in [0.15, 0.2) is 5.78 Å². The first kappa shape index (κ1) is 12.0. The average molecular weight is 184 g/mol. The standard InChI is InChI=1S/C10H16O3/c1-3-5-8(11)7-10(13)9(12)6-4-2/h3-7H2,1-2H3. The van der Waals surface area contributed by atoms with Crippen LogP contribution in [0.15, 0.2) is 0 Å². The van der Waals surface area contributed by atoms with E-state index in [4.69, 9.17) is 0 Å². The molecule has 0 atom stereocenters. The maximum absolute atomic E-state index is 11.0. The van der Waals surface area contributed by atoms with E-state index in [0.717, 1.165) is 6.42 Å². The number of carbonyl (C=O) groups excluding carboxylic acids is 3. The summed E-state index contributed by atoms with van der Waals surface area (Å²) in [5.41, 5.74) is 0. The van der Waals surface area contributed by atoms with Gasteiger partial charge in [0.25, 0.3) is 0 Å². The third-order valence-corrected chi connectivity index (χ3v) is 1.67. The molecule has 0 radical (unpaired) electrons. The fraction of sp³-hybridized carbons (Fsp3) is 0.700. The van der Waals surface area contributed by atoms with E-state index in [1.165, 1.54) is 0 Å². The molecule has 0 aliphatic heterocycles. The fourth-order valence-electron chi connectivity index (χ4n) is 1.01. The van der Waals surface area contributed by atoms with E-state index in [-0.39, 0.29) is 18.6 Å². The van der Waals surface area contributed by atoms with Crippen molar-refractivity contribution in [1.29, 1.82) is 0 Å². The van der Waals surface area contributed by atoms with Crippen LogP contribution in [0.3, 0.4) is 0 Å². The maximum Gasteiger partial charge on any atom is 0.205 e. The molecule has 0 saturated heterocycles. The zero-order valence-corrected chi connectivity index (χ0v) is 8.26. The minimum absolute atomic E-state index is 0.128. The molecular weight excluding hydrogens is 168 g/mol. The molecule has 0 fully saturated rings. The van der Waals surface area contributed by atoms with E-state index in [1.807, 2.05) is 13.8 Å². The van der Waals surface area contributed by atoms with Gasteiger partial charge in [-0.3, -0.25) is 14.4 Å². The Morgan fingerprint density at radius 2 is 1.38 bits per heavy atom. The van der Waals surface area contributed by atoms with Crippen molar-refractivity contribution in [2.75, 3.05) is 0 Å². The van der Waals surface area contributed by atoms with Crippen LogP contribution >= 0.6 is 0 Å². The SMILES string of the molecule is CCCC(=O)CC(=O)C(=O)CCC. The Hall–Kier alpha value is -0.990. The van der Waals surface area contributed by atoms with Crippen LogP contribution in [-0.2, 0) is 14.4 Å². The molecule has 0 aliphatic carbocycles.